The van der Waals surface area contributed by atoms with Crippen LogP contribution in [0.4, 0.5) is 0 Å². The number of benzene rings is 4. The van der Waals surface area contributed by atoms with Crippen LogP contribution in [0.15, 0.2) is 113 Å². The second-order valence-electron chi connectivity index (χ2n) is 15.6. The van der Waals surface area contributed by atoms with Crippen molar-refractivity contribution in [3.8, 4) is 0 Å². The first kappa shape index (κ1) is 36.7. The Labute approximate surface area is 319 Å². The molecule has 2 aromatic heterocycles. The molecular weight excluding hydrogens is 713 g/mol. The highest BCUT2D eigenvalue weighted by atomic mass is 32.2. The van der Waals surface area contributed by atoms with Gasteiger partial charge in [0.2, 0.25) is 0 Å². The number of aromatic amines is 2. The van der Waals surface area contributed by atoms with Crippen LogP contribution in [-0.2, 0) is 38.9 Å². The Morgan fingerprint density at radius 1 is 0.722 bits per heavy atom. The second kappa shape index (κ2) is 15.1. The summed E-state index contributed by atoms with van der Waals surface area (Å²) in [5, 5.41) is 2.13. The van der Waals surface area contributed by atoms with Gasteiger partial charge in [-0.25, -0.2) is 16.8 Å². The monoisotopic (exact) mass is 762 g/mol. The molecule has 2 fully saturated rings. The summed E-state index contributed by atoms with van der Waals surface area (Å²) >= 11 is 0. The minimum Gasteiger partial charge on any atom is -0.361 e. The summed E-state index contributed by atoms with van der Waals surface area (Å²) in [4.78, 5) is 12.4. The molecule has 0 amide bonds. The molecule has 0 bridgehead atoms. The fourth-order valence-electron chi connectivity index (χ4n) is 9.00. The molecule has 1 unspecified atom stereocenters. The number of nitrogens with zero attached hydrogens (tertiary/aromatic N) is 2. The van der Waals surface area contributed by atoms with Crippen molar-refractivity contribution in [3.63, 3.8) is 0 Å². The van der Waals surface area contributed by atoms with Crippen LogP contribution in [0, 0.1) is 5.92 Å². The zero-order valence-corrected chi connectivity index (χ0v) is 32.8. The van der Waals surface area contributed by atoms with Gasteiger partial charge in [0.05, 0.1) is 21.3 Å². The van der Waals surface area contributed by atoms with Crippen LogP contribution in [0.1, 0.15) is 53.0 Å². The number of likely N-dealkylation sites (N-methyl/N-ethyl adjacent to an activating group) is 1. The molecule has 2 aliphatic heterocycles. The van der Waals surface area contributed by atoms with Crippen LogP contribution in [0.25, 0.3) is 21.8 Å². The summed E-state index contributed by atoms with van der Waals surface area (Å²) in [5.41, 5.74) is 7.04. The number of H-pyrrole nitrogens is 2. The van der Waals surface area contributed by atoms with Gasteiger partial charge in [0, 0.05) is 52.7 Å². The van der Waals surface area contributed by atoms with Crippen LogP contribution in [0.3, 0.4) is 0 Å². The van der Waals surface area contributed by atoms with E-state index in [0.717, 1.165) is 89.4 Å². The summed E-state index contributed by atoms with van der Waals surface area (Å²) in [7, 11) is -3.03. The molecule has 4 aromatic carbocycles. The van der Waals surface area contributed by atoms with Gasteiger partial charge in [-0.05, 0) is 142 Å². The highest BCUT2D eigenvalue weighted by Crippen LogP contribution is 2.40. The largest absolute Gasteiger partial charge is 0.361 e. The van der Waals surface area contributed by atoms with E-state index in [1.165, 1.54) is 12.0 Å². The van der Waals surface area contributed by atoms with Crippen LogP contribution >= 0.6 is 0 Å². The Morgan fingerprint density at radius 2 is 1.41 bits per heavy atom. The summed E-state index contributed by atoms with van der Waals surface area (Å²) in [6.07, 6.45) is 9.68. The van der Waals surface area contributed by atoms with Gasteiger partial charge in [-0.15, -0.1) is 0 Å². The molecule has 10 heteroatoms. The number of hydrogen-bond acceptors (Lipinski definition) is 6. The predicted octanol–water partition coefficient (Wildman–Crippen LogP) is 7.40. The SMILES string of the molecule is CN1CC[C@H](Cc2c[nH]c3ccc(CCS(=O)(=O)c4ccccc4)c(C(CS(=O)(=O)c4ccccc4)c4ccc5[nH]cc(C[C@H]6CCCN6C)c5c4)c23)C1. The second-order valence-corrected chi connectivity index (χ2v) is 19.8. The molecule has 0 spiro atoms. The number of likely N-dealkylation sites (tertiary alicyclic amines) is 2. The molecule has 0 radical (unpaired) electrons. The van der Waals surface area contributed by atoms with Gasteiger partial charge in [0.15, 0.2) is 19.7 Å². The number of rotatable bonds is 13. The molecule has 2 aliphatic rings. The summed E-state index contributed by atoms with van der Waals surface area (Å²) in [5.74, 6) is -0.322. The zero-order chi connectivity index (χ0) is 37.5. The third kappa shape index (κ3) is 7.54. The van der Waals surface area contributed by atoms with Crippen molar-refractivity contribution < 1.29 is 16.8 Å². The topological polar surface area (TPSA) is 106 Å². The molecule has 2 saturated heterocycles. The van der Waals surface area contributed by atoms with Gasteiger partial charge in [-0.1, -0.05) is 48.5 Å². The lowest BCUT2D eigenvalue weighted by molar-refractivity contribution is 0.310. The van der Waals surface area contributed by atoms with E-state index in [-0.39, 0.29) is 22.8 Å². The van der Waals surface area contributed by atoms with Crippen LogP contribution < -0.4 is 0 Å². The molecule has 2 N–H and O–H groups in total. The predicted molar refractivity (Wildman–Crippen MR) is 218 cm³/mol. The maximum absolute atomic E-state index is 14.5. The van der Waals surface area contributed by atoms with E-state index in [2.05, 4.69) is 64.5 Å². The molecule has 0 aliphatic carbocycles. The third-order valence-electron chi connectivity index (χ3n) is 12.0. The summed E-state index contributed by atoms with van der Waals surface area (Å²) < 4.78 is 56.4. The van der Waals surface area contributed by atoms with Crippen LogP contribution in [0.2, 0.25) is 0 Å². The molecule has 54 heavy (non-hydrogen) atoms. The highest BCUT2D eigenvalue weighted by molar-refractivity contribution is 7.91. The average Bonchev–Trinajstić information content (AvgIpc) is 3.99. The molecule has 8 nitrogen and oxygen atoms in total. The van der Waals surface area contributed by atoms with Gasteiger partial charge < -0.3 is 19.8 Å². The number of nitrogens with one attached hydrogen (secondary N) is 2. The lowest BCUT2D eigenvalue weighted by Gasteiger charge is -2.24. The number of fused-ring (bicyclic) bond motifs is 2. The maximum Gasteiger partial charge on any atom is 0.179 e. The number of sulfone groups is 2. The fourth-order valence-corrected chi connectivity index (χ4v) is 11.9. The minimum atomic E-state index is -3.78. The molecule has 282 valence electrons. The Hall–Kier alpha value is -4.22. The van der Waals surface area contributed by atoms with E-state index in [1.807, 2.05) is 24.3 Å². The molecule has 6 aromatic rings. The van der Waals surface area contributed by atoms with E-state index < -0.39 is 25.6 Å². The van der Waals surface area contributed by atoms with E-state index >= 15 is 0 Å². The molecule has 0 saturated carbocycles. The number of aryl methyl sites for hydroxylation is 1. The van der Waals surface area contributed by atoms with E-state index in [9.17, 15) is 16.8 Å². The Morgan fingerprint density at radius 3 is 2.09 bits per heavy atom. The van der Waals surface area contributed by atoms with Gasteiger partial charge in [0.25, 0.3) is 0 Å². The van der Waals surface area contributed by atoms with Gasteiger partial charge in [-0.3, -0.25) is 0 Å². The summed E-state index contributed by atoms with van der Waals surface area (Å²) in [6, 6.07) is 28.2. The lowest BCUT2D eigenvalue weighted by Crippen LogP contribution is -2.26. The smallest absolute Gasteiger partial charge is 0.179 e. The van der Waals surface area contributed by atoms with Crippen molar-refractivity contribution in [2.45, 2.75) is 60.3 Å². The molecular formula is C44H50N4O4S2. The maximum atomic E-state index is 14.5. The molecule has 4 heterocycles. The van der Waals surface area contributed by atoms with Crippen LogP contribution in [0.5, 0.6) is 0 Å². The first-order valence-corrected chi connectivity index (χ1v) is 22.5. The van der Waals surface area contributed by atoms with Crippen LogP contribution in [-0.4, -0.2) is 87.9 Å². The van der Waals surface area contributed by atoms with E-state index in [4.69, 9.17) is 0 Å². The quantitative estimate of drug-likeness (QED) is 0.127. The van der Waals surface area contributed by atoms with Crippen molar-refractivity contribution in [1.29, 1.82) is 0 Å². The van der Waals surface area contributed by atoms with Gasteiger partial charge in [0.1, 0.15) is 0 Å². The van der Waals surface area contributed by atoms with Gasteiger partial charge in [-0.2, -0.15) is 0 Å². The number of hydrogen-bond donors (Lipinski definition) is 2. The Bertz CT molecular complexity index is 2480. The summed E-state index contributed by atoms with van der Waals surface area (Å²) in [6.45, 7) is 3.16. The minimum absolute atomic E-state index is 0.0866. The van der Waals surface area contributed by atoms with Crippen molar-refractivity contribution in [1.82, 2.24) is 19.8 Å². The standard InChI is InChI=1S/C44H50N4O4S2/c1-47-22-19-31(29-47)24-35-28-46-42-18-15-32(20-23-53(49,50)37-11-5-3-6-12-37)43(44(35)42)40(30-54(51,52)38-13-7-4-8-14-38)33-16-17-41-39(26-33)34(27-45-41)25-36-10-9-21-48(36)2/h3-8,11-18,26-28,31,36,40,45-46H,9-10,19-25,29-30H2,1-2H3/t31-,36-,40?/m1/s1. The first-order chi connectivity index (χ1) is 26.1. The normalized spacial score (nSPS) is 19.3. The van der Waals surface area contributed by atoms with E-state index in [0.29, 0.717) is 16.9 Å². The fraction of sp³-hybridized carbons (Fsp3) is 0.364. The Balaban J connectivity index is 1.30. The number of aromatic nitrogens is 2. The third-order valence-corrected chi connectivity index (χ3v) is 15.5. The molecule has 8 rings (SSSR count). The Kier molecular flexibility index (Phi) is 10.3. The van der Waals surface area contributed by atoms with Crippen molar-refractivity contribution in [2.75, 3.05) is 45.2 Å². The zero-order valence-electron chi connectivity index (χ0n) is 31.2. The van der Waals surface area contributed by atoms with Crippen molar-refractivity contribution in [3.05, 3.63) is 131 Å². The first-order valence-electron chi connectivity index (χ1n) is 19.2. The van der Waals surface area contributed by atoms with Crippen molar-refractivity contribution in [2.24, 2.45) is 5.92 Å². The molecule has 3 atom stereocenters. The van der Waals surface area contributed by atoms with Gasteiger partial charge >= 0.3 is 0 Å². The van der Waals surface area contributed by atoms with Crippen molar-refractivity contribution >= 4 is 41.5 Å². The van der Waals surface area contributed by atoms with E-state index in [1.54, 1.807) is 48.5 Å². The highest BCUT2D eigenvalue weighted by Gasteiger charge is 2.31. The average molecular weight is 763 g/mol. The lowest BCUT2D eigenvalue weighted by atomic mass is 9.83.